The standard InChI is InChI=1S/C25H34N2O3/c1-17-2-7-24(27-30-16-29-14-23-11-19-4-6-21(23)9-19)12-25(17)26-15-28-13-22-10-18-3-5-20(22)8-18/h2-7,12,18-23,26-27H,8-11,13-16H2,1H3. The molecular formula is C25H34N2O3. The maximum atomic E-state index is 5.93. The fourth-order valence-electron chi connectivity index (χ4n) is 5.74. The molecule has 1 aromatic rings. The molecule has 2 fully saturated rings. The Morgan fingerprint density at radius 2 is 1.57 bits per heavy atom. The van der Waals surface area contributed by atoms with Gasteiger partial charge in [-0.3, -0.25) is 5.48 Å². The number of rotatable bonds is 11. The predicted octanol–water partition coefficient (Wildman–Crippen LogP) is 5.12. The van der Waals surface area contributed by atoms with Crippen LogP contribution in [0, 0.1) is 42.4 Å². The molecule has 0 heterocycles. The lowest BCUT2D eigenvalue weighted by Gasteiger charge is -2.19. The summed E-state index contributed by atoms with van der Waals surface area (Å²) in [6.07, 6.45) is 14.7. The molecular weight excluding hydrogens is 376 g/mol. The molecule has 4 bridgehead atoms. The average Bonchev–Trinajstić information content (AvgIpc) is 3.54. The molecule has 0 amide bonds. The minimum absolute atomic E-state index is 0.259. The number of anilines is 2. The summed E-state index contributed by atoms with van der Waals surface area (Å²) >= 11 is 0. The quantitative estimate of drug-likeness (QED) is 0.229. The summed E-state index contributed by atoms with van der Waals surface area (Å²) in [5, 5.41) is 3.40. The zero-order valence-corrected chi connectivity index (χ0v) is 17.9. The topological polar surface area (TPSA) is 51.8 Å². The Bertz CT molecular complexity index is 793. The highest BCUT2D eigenvalue weighted by molar-refractivity contribution is 5.60. The normalized spacial score (nSPS) is 33.0. The third kappa shape index (κ3) is 4.58. The number of hydrogen-bond donors (Lipinski definition) is 2. The number of fused-ring (bicyclic) bond motifs is 4. The van der Waals surface area contributed by atoms with Crippen molar-refractivity contribution < 1.29 is 14.3 Å². The minimum Gasteiger partial charge on any atom is -0.362 e. The Morgan fingerprint density at radius 3 is 2.20 bits per heavy atom. The maximum absolute atomic E-state index is 5.93. The van der Waals surface area contributed by atoms with Crippen molar-refractivity contribution in [2.45, 2.75) is 32.6 Å². The van der Waals surface area contributed by atoms with Crippen LogP contribution in [0.15, 0.2) is 42.5 Å². The molecule has 6 atom stereocenters. The number of hydrogen-bond acceptors (Lipinski definition) is 5. The van der Waals surface area contributed by atoms with E-state index in [1.54, 1.807) is 0 Å². The van der Waals surface area contributed by atoms with Gasteiger partial charge in [-0.2, -0.15) is 0 Å². The van der Waals surface area contributed by atoms with E-state index in [2.05, 4.69) is 54.2 Å². The van der Waals surface area contributed by atoms with Gasteiger partial charge in [0.25, 0.3) is 0 Å². The number of nitrogens with one attached hydrogen (secondary N) is 2. The van der Waals surface area contributed by atoms with Crippen LogP contribution in [0.25, 0.3) is 0 Å². The molecule has 4 aliphatic rings. The first-order valence-corrected chi connectivity index (χ1v) is 11.5. The second kappa shape index (κ2) is 9.13. The fraction of sp³-hybridized carbons (Fsp3) is 0.600. The summed E-state index contributed by atoms with van der Waals surface area (Å²) in [7, 11) is 0. The minimum atomic E-state index is 0.259. The highest BCUT2D eigenvalue weighted by atomic mass is 16.8. The van der Waals surface area contributed by atoms with Crippen molar-refractivity contribution in [1.82, 2.24) is 0 Å². The Hall–Kier alpha value is -1.82. The van der Waals surface area contributed by atoms with Crippen molar-refractivity contribution in [3.8, 4) is 0 Å². The molecule has 4 aliphatic carbocycles. The number of benzene rings is 1. The molecule has 0 spiro atoms. The third-order valence-electron chi connectivity index (χ3n) is 7.43. The molecule has 6 unspecified atom stereocenters. The van der Waals surface area contributed by atoms with Crippen LogP contribution >= 0.6 is 0 Å². The number of allylic oxidation sites excluding steroid dienone is 4. The zero-order valence-electron chi connectivity index (χ0n) is 17.9. The molecule has 0 aromatic heterocycles. The predicted molar refractivity (Wildman–Crippen MR) is 119 cm³/mol. The van der Waals surface area contributed by atoms with E-state index in [0.717, 1.165) is 48.3 Å². The van der Waals surface area contributed by atoms with Crippen LogP contribution in [-0.2, 0) is 14.3 Å². The van der Waals surface area contributed by atoms with Gasteiger partial charge in [0, 0.05) is 5.69 Å². The second-order valence-electron chi connectivity index (χ2n) is 9.54. The van der Waals surface area contributed by atoms with E-state index in [0.29, 0.717) is 18.6 Å². The molecule has 1 aromatic carbocycles. The van der Waals surface area contributed by atoms with Gasteiger partial charge < -0.3 is 14.8 Å². The first kappa shape index (κ1) is 20.1. The SMILES string of the molecule is Cc1ccc(NOCOCC2CC3C=CC2C3)cc1NCOCC1CC2C=CC1C2. The van der Waals surface area contributed by atoms with E-state index < -0.39 is 0 Å². The smallest absolute Gasteiger partial charge is 0.173 e. The van der Waals surface area contributed by atoms with Crippen LogP contribution in [0.4, 0.5) is 11.4 Å². The maximum Gasteiger partial charge on any atom is 0.173 e. The Labute approximate surface area is 179 Å². The fourth-order valence-corrected chi connectivity index (χ4v) is 5.74. The summed E-state index contributed by atoms with van der Waals surface area (Å²) in [6.45, 7) is 4.51. The molecule has 2 saturated carbocycles. The molecule has 0 saturated heterocycles. The Balaban J connectivity index is 0.992. The van der Waals surface area contributed by atoms with E-state index in [1.165, 1.54) is 31.2 Å². The molecule has 5 heteroatoms. The van der Waals surface area contributed by atoms with E-state index in [4.69, 9.17) is 14.3 Å². The average molecular weight is 411 g/mol. The lowest BCUT2D eigenvalue weighted by Crippen LogP contribution is -2.18. The molecule has 0 aliphatic heterocycles. The van der Waals surface area contributed by atoms with E-state index in [9.17, 15) is 0 Å². The second-order valence-corrected chi connectivity index (χ2v) is 9.54. The van der Waals surface area contributed by atoms with Gasteiger partial charge >= 0.3 is 0 Å². The van der Waals surface area contributed by atoms with Gasteiger partial charge in [-0.05, 0) is 85.8 Å². The van der Waals surface area contributed by atoms with Crippen LogP contribution in [0.2, 0.25) is 0 Å². The van der Waals surface area contributed by atoms with Crippen molar-refractivity contribution >= 4 is 11.4 Å². The highest BCUT2D eigenvalue weighted by Gasteiger charge is 2.36. The molecule has 0 radical (unpaired) electrons. The van der Waals surface area contributed by atoms with Crippen molar-refractivity contribution in [2.75, 3.05) is 37.5 Å². The van der Waals surface area contributed by atoms with Gasteiger partial charge in [-0.15, -0.1) is 0 Å². The van der Waals surface area contributed by atoms with Crippen LogP contribution < -0.4 is 10.8 Å². The van der Waals surface area contributed by atoms with Crippen LogP contribution in [0.5, 0.6) is 0 Å². The molecule has 30 heavy (non-hydrogen) atoms. The number of ether oxygens (including phenoxy) is 2. The number of aryl methyl sites for hydroxylation is 1. The lowest BCUT2D eigenvalue weighted by atomic mass is 9.95. The van der Waals surface area contributed by atoms with Gasteiger partial charge in [0.05, 0.1) is 18.9 Å². The first-order chi connectivity index (χ1) is 14.7. The van der Waals surface area contributed by atoms with Crippen molar-refractivity contribution in [3.05, 3.63) is 48.1 Å². The van der Waals surface area contributed by atoms with Crippen LogP contribution in [0.1, 0.15) is 31.2 Å². The summed E-state index contributed by atoms with van der Waals surface area (Å²) in [5.41, 5.74) is 6.16. The van der Waals surface area contributed by atoms with E-state index in [1.807, 2.05) is 6.07 Å². The summed E-state index contributed by atoms with van der Waals surface area (Å²) in [6, 6.07) is 6.15. The monoisotopic (exact) mass is 410 g/mol. The van der Waals surface area contributed by atoms with Crippen molar-refractivity contribution in [2.24, 2.45) is 35.5 Å². The summed E-state index contributed by atoms with van der Waals surface area (Å²) < 4.78 is 11.7. The van der Waals surface area contributed by atoms with Gasteiger partial charge in [-0.25, -0.2) is 4.84 Å². The molecule has 5 rings (SSSR count). The van der Waals surface area contributed by atoms with Crippen molar-refractivity contribution in [3.63, 3.8) is 0 Å². The summed E-state index contributed by atoms with van der Waals surface area (Å²) in [5.74, 6) is 4.40. The molecule has 2 N–H and O–H groups in total. The lowest BCUT2D eigenvalue weighted by molar-refractivity contribution is -0.0468. The molecule has 162 valence electrons. The Morgan fingerprint density at radius 1 is 0.867 bits per heavy atom. The van der Waals surface area contributed by atoms with E-state index in [-0.39, 0.29) is 6.79 Å². The van der Waals surface area contributed by atoms with E-state index >= 15 is 0 Å². The zero-order chi connectivity index (χ0) is 20.3. The highest BCUT2D eigenvalue weighted by Crippen LogP contribution is 2.44. The van der Waals surface area contributed by atoms with Crippen LogP contribution in [0.3, 0.4) is 0 Å². The van der Waals surface area contributed by atoms with Crippen molar-refractivity contribution in [1.29, 1.82) is 0 Å². The van der Waals surface area contributed by atoms with Gasteiger partial charge in [-0.1, -0.05) is 30.4 Å². The largest absolute Gasteiger partial charge is 0.362 e. The first-order valence-electron chi connectivity index (χ1n) is 11.5. The van der Waals surface area contributed by atoms with Gasteiger partial charge in [0.15, 0.2) is 6.79 Å². The Kier molecular flexibility index (Phi) is 6.12. The van der Waals surface area contributed by atoms with Gasteiger partial charge in [0.2, 0.25) is 0 Å². The third-order valence-corrected chi connectivity index (χ3v) is 7.43. The van der Waals surface area contributed by atoms with Crippen LogP contribution in [-0.4, -0.2) is 26.7 Å². The molecule has 5 nitrogen and oxygen atoms in total. The summed E-state index contributed by atoms with van der Waals surface area (Å²) in [4.78, 5) is 5.52. The van der Waals surface area contributed by atoms with Gasteiger partial charge in [0.1, 0.15) is 6.73 Å².